The first-order chi connectivity index (χ1) is 9.08. The molecule has 0 saturated heterocycles. The molecule has 0 bridgehead atoms. The molecular weight excluding hydrogens is 286 g/mol. The van der Waals surface area contributed by atoms with E-state index in [4.69, 9.17) is 16.3 Å². The number of hydrogen-bond donors (Lipinski definition) is 1. The maximum Gasteiger partial charge on any atom is 0.348 e. The van der Waals surface area contributed by atoms with E-state index in [1.54, 1.807) is 0 Å². The van der Waals surface area contributed by atoms with Crippen molar-refractivity contribution in [3.8, 4) is 0 Å². The first-order valence-corrected chi connectivity index (χ1v) is 7.06. The van der Waals surface area contributed by atoms with E-state index in [9.17, 15) is 4.79 Å². The Morgan fingerprint density at radius 3 is 2.84 bits per heavy atom. The molecule has 2 aromatic rings. The highest BCUT2D eigenvalue weighted by atomic mass is 35.5. The lowest BCUT2D eigenvalue weighted by Gasteiger charge is -2.06. The number of halogens is 1. The highest BCUT2D eigenvalue weighted by Gasteiger charge is 2.20. The van der Waals surface area contributed by atoms with Crippen molar-refractivity contribution in [1.29, 1.82) is 0 Å². The molecule has 0 aliphatic rings. The number of esters is 1. The maximum absolute atomic E-state index is 11.7. The van der Waals surface area contributed by atoms with Crippen molar-refractivity contribution in [1.82, 2.24) is 9.97 Å². The second kappa shape index (κ2) is 5.71. The Morgan fingerprint density at radius 2 is 2.21 bits per heavy atom. The maximum atomic E-state index is 11.7. The van der Waals surface area contributed by atoms with Gasteiger partial charge in [-0.05, 0) is 30.5 Å². The highest BCUT2D eigenvalue weighted by molar-refractivity contribution is 7.20. The summed E-state index contributed by atoms with van der Waals surface area (Å²) in [5.41, 5.74) is 0.821. The van der Waals surface area contributed by atoms with Gasteiger partial charge in [0.15, 0.2) is 0 Å². The van der Waals surface area contributed by atoms with E-state index in [1.165, 1.54) is 18.4 Å². The number of thiophene rings is 1. The molecule has 1 N–H and O–H groups in total. The molecule has 0 unspecified atom stereocenters. The Bertz CT molecular complexity index is 627. The zero-order valence-electron chi connectivity index (χ0n) is 10.9. The summed E-state index contributed by atoms with van der Waals surface area (Å²) >= 11 is 7.17. The van der Waals surface area contributed by atoms with E-state index in [2.05, 4.69) is 22.2 Å². The van der Waals surface area contributed by atoms with Gasteiger partial charge in [0.25, 0.3) is 0 Å². The Hall–Kier alpha value is -1.40. The molecule has 19 heavy (non-hydrogen) atoms. The number of fused-ring (bicyclic) bond motifs is 1. The molecule has 0 spiro atoms. The SMILES string of the molecule is CCCNc1nc(Cl)nc2sc(C(=O)OC)c(C)c12. The zero-order valence-corrected chi connectivity index (χ0v) is 12.5. The number of hydrogen-bond acceptors (Lipinski definition) is 6. The summed E-state index contributed by atoms with van der Waals surface area (Å²) < 4.78 is 4.77. The summed E-state index contributed by atoms with van der Waals surface area (Å²) in [5, 5.41) is 4.21. The van der Waals surface area contributed by atoms with Crippen molar-refractivity contribution in [3.63, 3.8) is 0 Å². The monoisotopic (exact) mass is 299 g/mol. The fourth-order valence-corrected chi connectivity index (χ4v) is 3.09. The van der Waals surface area contributed by atoms with Crippen LogP contribution >= 0.6 is 22.9 Å². The van der Waals surface area contributed by atoms with Crippen LogP contribution in [0.15, 0.2) is 0 Å². The van der Waals surface area contributed by atoms with Crippen molar-refractivity contribution >= 4 is 44.9 Å². The number of anilines is 1. The second-order valence-electron chi connectivity index (χ2n) is 4.00. The number of carbonyl (C=O) groups is 1. The van der Waals surface area contributed by atoms with Gasteiger partial charge in [-0.25, -0.2) is 14.8 Å². The smallest absolute Gasteiger partial charge is 0.348 e. The molecular formula is C12H14ClN3O2S. The van der Waals surface area contributed by atoms with Crippen molar-refractivity contribution in [2.75, 3.05) is 19.0 Å². The second-order valence-corrected chi connectivity index (χ2v) is 5.33. The minimum Gasteiger partial charge on any atom is -0.465 e. The number of rotatable bonds is 4. The van der Waals surface area contributed by atoms with Crippen LogP contribution in [0.5, 0.6) is 0 Å². The summed E-state index contributed by atoms with van der Waals surface area (Å²) in [6.45, 7) is 4.71. The minimum atomic E-state index is -0.363. The molecule has 0 aromatic carbocycles. The average molecular weight is 300 g/mol. The number of methoxy groups -OCH3 is 1. The van der Waals surface area contributed by atoms with Gasteiger partial charge in [-0.15, -0.1) is 11.3 Å². The van der Waals surface area contributed by atoms with Gasteiger partial charge in [-0.3, -0.25) is 0 Å². The molecule has 0 aliphatic carbocycles. The normalized spacial score (nSPS) is 10.7. The zero-order chi connectivity index (χ0) is 14.0. The largest absolute Gasteiger partial charge is 0.465 e. The number of nitrogens with one attached hydrogen (secondary N) is 1. The molecule has 7 heteroatoms. The standard InChI is InChI=1S/C12H14ClN3O2S/c1-4-5-14-9-7-6(2)8(11(17)18-3)19-10(7)16-12(13)15-9/h4-5H2,1-3H3,(H,14,15,16). The van der Waals surface area contributed by atoms with Crippen molar-refractivity contribution in [2.45, 2.75) is 20.3 Å². The first-order valence-electron chi connectivity index (χ1n) is 5.87. The van der Waals surface area contributed by atoms with Crippen LogP contribution in [0.25, 0.3) is 10.2 Å². The van der Waals surface area contributed by atoms with Gasteiger partial charge in [-0.1, -0.05) is 6.92 Å². The number of aromatic nitrogens is 2. The lowest BCUT2D eigenvalue weighted by Crippen LogP contribution is -2.04. The van der Waals surface area contributed by atoms with Crippen LogP contribution in [0, 0.1) is 6.92 Å². The number of ether oxygens (including phenoxy) is 1. The van der Waals surface area contributed by atoms with Crippen LogP contribution < -0.4 is 5.32 Å². The summed E-state index contributed by atoms with van der Waals surface area (Å²) in [6.07, 6.45) is 0.968. The van der Waals surface area contributed by atoms with Crippen molar-refractivity contribution in [2.24, 2.45) is 0 Å². The van der Waals surface area contributed by atoms with Gasteiger partial charge >= 0.3 is 5.97 Å². The van der Waals surface area contributed by atoms with Crippen LogP contribution in [0.4, 0.5) is 5.82 Å². The fraction of sp³-hybridized carbons (Fsp3) is 0.417. The lowest BCUT2D eigenvalue weighted by molar-refractivity contribution is 0.0605. The number of carbonyl (C=O) groups excluding carboxylic acids is 1. The van der Waals surface area contributed by atoms with Gasteiger partial charge in [0, 0.05) is 6.54 Å². The Labute approximate surface area is 120 Å². The average Bonchev–Trinajstić information content (AvgIpc) is 2.72. The minimum absolute atomic E-state index is 0.170. The van der Waals surface area contributed by atoms with Gasteiger partial charge in [0.1, 0.15) is 15.5 Å². The summed E-state index contributed by atoms with van der Waals surface area (Å²) in [6, 6.07) is 0. The van der Waals surface area contributed by atoms with Crippen LogP contribution in [-0.2, 0) is 4.74 Å². The third-order valence-corrected chi connectivity index (χ3v) is 4.01. The molecule has 0 saturated carbocycles. The van der Waals surface area contributed by atoms with E-state index >= 15 is 0 Å². The lowest BCUT2D eigenvalue weighted by atomic mass is 10.2. The number of aryl methyl sites for hydroxylation is 1. The third kappa shape index (κ3) is 2.64. The summed E-state index contributed by atoms with van der Waals surface area (Å²) in [4.78, 5) is 21.3. The molecule has 0 fully saturated rings. The van der Waals surface area contributed by atoms with Gasteiger partial charge in [-0.2, -0.15) is 0 Å². The van der Waals surface area contributed by atoms with E-state index in [-0.39, 0.29) is 11.3 Å². The third-order valence-electron chi connectivity index (χ3n) is 2.68. The predicted octanol–water partition coefficient (Wildman–Crippen LogP) is 3.26. The molecule has 102 valence electrons. The van der Waals surface area contributed by atoms with E-state index < -0.39 is 0 Å². The molecule has 0 atom stereocenters. The molecule has 2 aromatic heterocycles. The molecule has 5 nitrogen and oxygen atoms in total. The quantitative estimate of drug-likeness (QED) is 0.693. The van der Waals surface area contributed by atoms with Crippen LogP contribution in [0.1, 0.15) is 28.6 Å². The summed E-state index contributed by atoms with van der Waals surface area (Å²) in [7, 11) is 1.36. The first kappa shape index (κ1) is 14.0. The molecule has 0 aliphatic heterocycles. The Morgan fingerprint density at radius 1 is 1.47 bits per heavy atom. The predicted molar refractivity (Wildman–Crippen MR) is 77.3 cm³/mol. The topological polar surface area (TPSA) is 64.1 Å². The molecule has 2 heterocycles. The highest BCUT2D eigenvalue weighted by Crippen LogP contribution is 2.34. The van der Waals surface area contributed by atoms with Gasteiger partial charge < -0.3 is 10.1 Å². The van der Waals surface area contributed by atoms with Gasteiger partial charge in [0.2, 0.25) is 5.28 Å². The van der Waals surface area contributed by atoms with Crippen LogP contribution in [-0.4, -0.2) is 29.6 Å². The Balaban J connectivity index is 2.61. The fourth-order valence-electron chi connectivity index (χ4n) is 1.77. The van der Waals surface area contributed by atoms with E-state index in [1.807, 2.05) is 6.92 Å². The van der Waals surface area contributed by atoms with Crippen LogP contribution in [0.3, 0.4) is 0 Å². The van der Waals surface area contributed by atoms with E-state index in [0.717, 1.165) is 23.9 Å². The van der Waals surface area contributed by atoms with Gasteiger partial charge in [0.05, 0.1) is 12.5 Å². The van der Waals surface area contributed by atoms with Crippen LogP contribution in [0.2, 0.25) is 5.28 Å². The number of nitrogens with zero attached hydrogens (tertiary/aromatic N) is 2. The van der Waals surface area contributed by atoms with Crippen molar-refractivity contribution in [3.05, 3.63) is 15.7 Å². The Kier molecular flexibility index (Phi) is 4.21. The molecule has 0 amide bonds. The molecule has 0 radical (unpaired) electrons. The van der Waals surface area contributed by atoms with E-state index in [0.29, 0.717) is 15.5 Å². The van der Waals surface area contributed by atoms with Crippen molar-refractivity contribution < 1.29 is 9.53 Å². The summed E-state index contributed by atoms with van der Waals surface area (Å²) in [5.74, 6) is 0.304. The molecule has 2 rings (SSSR count).